The Balaban J connectivity index is 1.82. The van der Waals surface area contributed by atoms with Gasteiger partial charge < -0.3 is 15.0 Å². The lowest BCUT2D eigenvalue weighted by molar-refractivity contribution is -0.133. The molecule has 2 N–H and O–H groups in total. The minimum atomic E-state index is -1.34. The molecule has 0 bridgehead atoms. The number of benzene rings is 1. The van der Waals surface area contributed by atoms with Crippen LogP contribution in [0.4, 0.5) is 0 Å². The van der Waals surface area contributed by atoms with Gasteiger partial charge in [0, 0.05) is 22.1 Å². The fourth-order valence-electron chi connectivity index (χ4n) is 4.68. The summed E-state index contributed by atoms with van der Waals surface area (Å²) in [5.41, 5.74) is 3.25. The molecular weight excluding hydrogens is 354 g/mol. The molecule has 2 aliphatic rings. The summed E-state index contributed by atoms with van der Waals surface area (Å²) in [5, 5.41) is 14.5. The second-order valence-corrected chi connectivity index (χ2v) is 7.62. The fourth-order valence-corrected chi connectivity index (χ4v) is 4.68. The third kappa shape index (κ3) is 2.09. The van der Waals surface area contributed by atoms with Crippen LogP contribution in [0.25, 0.3) is 22.3 Å². The Labute approximate surface area is 161 Å². The van der Waals surface area contributed by atoms with Crippen LogP contribution in [0.3, 0.4) is 0 Å². The van der Waals surface area contributed by atoms with Crippen molar-refractivity contribution in [2.75, 3.05) is 0 Å². The molecule has 28 heavy (non-hydrogen) atoms. The molecule has 0 spiro atoms. The number of nitrogens with one attached hydrogen (secondary N) is 1. The maximum absolute atomic E-state index is 13.5. The van der Waals surface area contributed by atoms with Crippen molar-refractivity contribution in [1.29, 1.82) is 0 Å². The van der Waals surface area contributed by atoms with Gasteiger partial charge in [0.15, 0.2) is 6.10 Å². The normalized spacial score (nSPS) is 19.1. The van der Waals surface area contributed by atoms with Crippen molar-refractivity contribution in [3.05, 3.63) is 63.4 Å². The van der Waals surface area contributed by atoms with E-state index >= 15 is 0 Å². The highest BCUT2D eigenvalue weighted by Gasteiger charge is 2.44. The summed E-state index contributed by atoms with van der Waals surface area (Å²) < 4.78 is 1.72. The molecule has 1 amide bonds. The number of hydrogen-bond donors (Lipinski definition) is 2. The number of carbonyl (C=O) groups excluding carboxylic acids is 1. The van der Waals surface area contributed by atoms with E-state index in [9.17, 15) is 14.7 Å². The summed E-state index contributed by atoms with van der Waals surface area (Å²) in [5.74, 6) is -0.453. The van der Waals surface area contributed by atoms with E-state index in [1.54, 1.807) is 10.6 Å². The maximum atomic E-state index is 13.5. The van der Waals surface area contributed by atoms with Crippen molar-refractivity contribution in [2.24, 2.45) is 0 Å². The molecule has 1 atom stereocenters. The van der Waals surface area contributed by atoms with Crippen LogP contribution in [-0.4, -0.2) is 20.6 Å². The Morgan fingerprint density at radius 3 is 2.71 bits per heavy atom. The van der Waals surface area contributed by atoms with Crippen molar-refractivity contribution in [3.63, 3.8) is 0 Å². The first-order valence-electron chi connectivity index (χ1n) is 9.66. The first kappa shape index (κ1) is 17.1. The number of nitrogens with zero attached hydrogens (tertiary/aromatic N) is 2. The highest BCUT2D eigenvalue weighted by atomic mass is 16.3. The van der Waals surface area contributed by atoms with Gasteiger partial charge in [-0.15, -0.1) is 0 Å². The lowest BCUT2D eigenvalue weighted by Gasteiger charge is -2.40. The van der Waals surface area contributed by atoms with Gasteiger partial charge in [0.05, 0.1) is 29.0 Å². The van der Waals surface area contributed by atoms with E-state index in [1.165, 1.54) is 0 Å². The monoisotopic (exact) mass is 375 g/mol. The number of rotatable bonds is 2. The number of aliphatic hydroxyl groups is 1. The minimum absolute atomic E-state index is 0.155. The van der Waals surface area contributed by atoms with Crippen LogP contribution in [0.15, 0.2) is 41.2 Å². The molecule has 0 radical (unpaired) electrons. The van der Waals surface area contributed by atoms with Gasteiger partial charge in [0.2, 0.25) is 0 Å². The van der Waals surface area contributed by atoms with Crippen molar-refractivity contribution in [1.82, 2.24) is 14.9 Å². The van der Waals surface area contributed by atoms with Gasteiger partial charge in [-0.1, -0.05) is 32.0 Å². The van der Waals surface area contributed by atoms with Crippen molar-refractivity contribution in [2.45, 2.75) is 44.9 Å². The molecule has 5 rings (SSSR count). The molecule has 4 heterocycles. The van der Waals surface area contributed by atoms with E-state index in [-0.39, 0.29) is 5.56 Å². The highest BCUT2D eigenvalue weighted by molar-refractivity contribution is 5.87. The topological polar surface area (TPSA) is 84.2 Å². The highest BCUT2D eigenvalue weighted by Crippen LogP contribution is 2.40. The Kier molecular flexibility index (Phi) is 3.52. The predicted octanol–water partition coefficient (Wildman–Crippen LogP) is 2.60. The van der Waals surface area contributed by atoms with E-state index < -0.39 is 17.6 Å². The van der Waals surface area contributed by atoms with Crippen LogP contribution in [0, 0.1) is 0 Å². The third-order valence-electron chi connectivity index (χ3n) is 6.30. The number of pyridine rings is 2. The molecule has 142 valence electrons. The van der Waals surface area contributed by atoms with Gasteiger partial charge in [-0.2, -0.15) is 0 Å². The predicted molar refractivity (Wildman–Crippen MR) is 106 cm³/mol. The van der Waals surface area contributed by atoms with E-state index in [0.29, 0.717) is 36.2 Å². The molecule has 1 aromatic carbocycles. The number of fused-ring (bicyclic) bond motifs is 5. The Hall–Kier alpha value is -2.99. The number of carbonyl (C=O) groups is 1. The van der Waals surface area contributed by atoms with E-state index in [1.807, 2.05) is 38.1 Å². The average Bonchev–Trinajstić information content (AvgIpc) is 3.07. The van der Waals surface area contributed by atoms with E-state index in [2.05, 4.69) is 11.4 Å². The standard InChI is InChI=1S/C22H21N3O3/c1-3-22(4-2)17-14(19(26)20(27)24-22)10-16-18-13(11-25(16)21(17)28)9-12-7-5-6-8-15(12)23-18/h5-10,19,26H,3-4,11H2,1-2H3,(H,24,27). The summed E-state index contributed by atoms with van der Waals surface area (Å²) in [4.78, 5) is 30.7. The number of hydrogen-bond acceptors (Lipinski definition) is 4. The molecule has 0 fully saturated rings. The Morgan fingerprint density at radius 2 is 1.96 bits per heavy atom. The number of para-hydroxylation sites is 1. The molecule has 2 aromatic heterocycles. The van der Waals surface area contributed by atoms with Crippen molar-refractivity contribution in [3.8, 4) is 11.4 Å². The maximum Gasteiger partial charge on any atom is 0.257 e. The van der Waals surface area contributed by atoms with E-state index in [4.69, 9.17) is 4.98 Å². The van der Waals surface area contributed by atoms with Crippen molar-refractivity contribution >= 4 is 16.8 Å². The van der Waals surface area contributed by atoms with Crippen LogP contribution in [-0.2, 0) is 16.9 Å². The van der Waals surface area contributed by atoms with Gasteiger partial charge in [0.1, 0.15) is 0 Å². The van der Waals surface area contributed by atoms with Gasteiger partial charge in [-0.05, 0) is 31.0 Å². The molecule has 2 aliphatic heterocycles. The van der Waals surface area contributed by atoms with Crippen LogP contribution in [0.1, 0.15) is 49.5 Å². The van der Waals surface area contributed by atoms with Gasteiger partial charge in [0.25, 0.3) is 11.5 Å². The summed E-state index contributed by atoms with van der Waals surface area (Å²) in [6, 6.07) is 11.7. The van der Waals surface area contributed by atoms with Gasteiger partial charge in [-0.3, -0.25) is 9.59 Å². The summed E-state index contributed by atoms with van der Waals surface area (Å²) in [6.07, 6.45) is -0.179. The zero-order valence-electron chi connectivity index (χ0n) is 15.8. The molecule has 0 saturated carbocycles. The first-order valence-corrected chi connectivity index (χ1v) is 9.66. The second-order valence-electron chi connectivity index (χ2n) is 7.62. The number of amides is 1. The van der Waals surface area contributed by atoms with Crippen LogP contribution < -0.4 is 10.9 Å². The van der Waals surface area contributed by atoms with Crippen molar-refractivity contribution < 1.29 is 9.90 Å². The summed E-state index contributed by atoms with van der Waals surface area (Å²) in [6.45, 7) is 4.35. The van der Waals surface area contributed by atoms with Crippen LogP contribution in [0.5, 0.6) is 0 Å². The van der Waals surface area contributed by atoms with Crippen LogP contribution >= 0.6 is 0 Å². The zero-order chi connectivity index (χ0) is 19.6. The SMILES string of the molecule is CCC1(CC)NC(=O)C(O)c2cc3n(c(=O)c21)Cc1cc2ccccc2nc1-3. The zero-order valence-corrected chi connectivity index (χ0v) is 15.8. The summed E-state index contributed by atoms with van der Waals surface area (Å²) in [7, 11) is 0. The first-order chi connectivity index (χ1) is 13.5. The lowest BCUT2D eigenvalue weighted by Crippen LogP contribution is -2.55. The fraction of sp³-hybridized carbons (Fsp3) is 0.318. The average molecular weight is 375 g/mol. The Morgan fingerprint density at radius 1 is 1.21 bits per heavy atom. The minimum Gasteiger partial charge on any atom is -0.378 e. The molecule has 3 aromatic rings. The summed E-state index contributed by atoms with van der Waals surface area (Å²) >= 11 is 0. The van der Waals surface area contributed by atoms with Gasteiger partial charge in [-0.25, -0.2) is 4.98 Å². The smallest absolute Gasteiger partial charge is 0.257 e. The number of aliphatic hydroxyl groups excluding tert-OH is 1. The molecule has 0 aliphatic carbocycles. The molecule has 6 nitrogen and oxygen atoms in total. The molecule has 6 heteroatoms. The third-order valence-corrected chi connectivity index (χ3v) is 6.30. The second kappa shape index (κ2) is 5.75. The molecular formula is C22H21N3O3. The Bertz CT molecular complexity index is 1210. The molecule has 0 saturated heterocycles. The lowest BCUT2D eigenvalue weighted by atomic mass is 9.78. The van der Waals surface area contributed by atoms with E-state index in [0.717, 1.165) is 22.2 Å². The van der Waals surface area contributed by atoms with Gasteiger partial charge >= 0.3 is 0 Å². The number of aromatic nitrogens is 2. The molecule has 1 unspecified atom stereocenters. The largest absolute Gasteiger partial charge is 0.378 e. The quantitative estimate of drug-likeness (QED) is 0.564. The van der Waals surface area contributed by atoms with Crippen LogP contribution in [0.2, 0.25) is 0 Å².